The van der Waals surface area contributed by atoms with E-state index in [2.05, 4.69) is 49.1 Å². The summed E-state index contributed by atoms with van der Waals surface area (Å²) in [5.41, 5.74) is 1.65. The molecule has 0 saturated carbocycles. The Bertz CT molecular complexity index is 326. The van der Waals surface area contributed by atoms with Crippen molar-refractivity contribution in [1.82, 2.24) is 4.90 Å². The summed E-state index contributed by atoms with van der Waals surface area (Å²) < 4.78 is 5.48. The quantitative estimate of drug-likeness (QED) is 0.792. The van der Waals surface area contributed by atoms with Crippen LogP contribution in [0.15, 0.2) is 30.3 Å². The zero-order chi connectivity index (χ0) is 12.1. The largest absolute Gasteiger partial charge is 0.379 e. The Balaban J connectivity index is 2.30. The number of rotatable bonds is 4. The topological polar surface area (TPSA) is 12.5 Å². The molecule has 0 aliphatic carbocycles. The second-order valence-electron chi connectivity index (χ2n) is 4.70. The molecule has 0 unspecified atom stereocenters. The van der Waals surface area contributed by atoms with Crippen LogP contribution in [0.1, 0.15) is 32.3 Å². The molecule has 2 heteroatoms. The molecule has 0 amide bonds. The molecule has 1 fully saturated rings. The van der Waals surface area contributed by atoms with Crippen LogP contribution in [0.2, 0.25) is 0 Å². The van der Waals surface area contributed by atoms with Crippen LogP contribution in [-0.4, -0.2) is 31.2 Å². The molecular formula is C15H23NO. The number of hydrogen-bond donors (Lipinski definition) is 0. The molecule has 1 heterocycles. The second kappa shape index (κ2) is 5.65. The van der Waals surface area contributed by atoms with Gasteiger partial charge >= 0.3 is 0 Å². The molecule has 1 aromatic carbocycles. The highest BCUT2D eigenvalue weighted by molar-refractivity contribution is 5.24. The molecule has 0 atom stereocenters. The maximum atomic E-state index is 5.48. The van der Waals surface area contributed by atoms with Crippen molar-refractivity contribution in [3.05, 3.63) is 35.9 Å². The molecule has 1 aliphatic rings. The van der Waals surface area contributed by atoms with E-state index in [0.29, 0.717) is 0 Å². The Morgan fingerprint density at radius 2 is 1.65 bits per heavy atom. The summed E-state index contributed by atoms with van der Waals surface area (Å²) in [7, 11) is 0. The first-order valence-electron chi connectivity index (χ1n) is 6.72. The van der Waals surface area contributed by atoms with Crippen LogP contribution in [0, 0.1) is 0 Å². The van der Waals surface area contributed by atoms with E-state index >= 15 is 0 Å². The zero-order valence-electron chi connectivity index (χ0n) is 11.0. The zero-order valence-corrected chi connectivity index (χ0v) is 11.0. The first-order chi connectivity index (χ1) is 8.33. The van der Waals surface area contributed by atoms with Gasteiger partial charge in [-0.15, -0.1) is 0 Å². The van der Waals surface area contributed by atoms with Gasteiger partial charge in [0, 0.05) is 18.6 Å². The van der Waals surface area contributed by atoms with Gasteiger partial charge in [-0.25, -0.2) is 0 Å². The van der Waals surface area contributed by atoms with Crippen LogP contribution in [0.5, 0.6) is 0 Å². The molecule has 2 rings (SSSR count). The minimum Gasteiger partial charge on any atom is -0.379 e. The summed E-state index contributed by atoms with van der Waals surface area (Å²) in [5.74, 6) is 0. The SMILES string of the molecule is CCC(CC)(c1ccccc1)N1CCOCC1. The molecule has 1 saturated heterocycles. The van der Waals surface area contributed by atoms with Crippen molar-refractivity contribution in [3.63, 3.8) is 0 Å². The lowest BCUT2D eigenvalue weighted by molar-refractivity contribution is -0.0290. The van der Waals surface area contributed by atoms with Crippen LogP contribution in [0.25, 0.3) is 0 Å². The fourth-order valence-corrected chi connectivity index (χ4v) is 3.03. The van der Waals surface area contributed by atoms with E-state index < -0.39 is 0 Å². The summed E-state index contributed by atoms with van der Waals surface area (Å²) in [6.07, 6.45) is 2.32. The lowest BCUT2D eigenvalue weighted by Gasteiger charge is -2.45. The van der Waals surface area contributed by atoms with E-state index in [1.165, 1.54) is 5.56 Å². The van der Waals surface area contributed by atoms with Crippen molar-refractivity contribution in [3.8, 4) is 0 Å². The van der Waals surface area contributed by atoms with Gasteiger partial charge in [-0.2, -0.15) is 0 Å². The molecule has 2 nitrogen and oxygen atoms in total. The standard InChI is InChI=1S/C15H23NO/c1-3-15(4-2,14-8-6-5-7-9-14)16-10-12-17-13-11-16/h5-9H,3-4,10-13H2,1-2H3. The normalized spacial score (nSPS) is 18.2. The van der Waals surface area contributed by atoms with E-state index in [0.717, 1.165) is 39.1 Å². The molecule has 1 aromatic rings. The van der Waals surface area contributed by atoms with E-state index in [4.69, 9.17) is 4.74 Å². The van der Waals surface area contributed by atoms with Crippen LogP contribution < -0.4 is 0 Å². The third-order valence-electron chi connectivity index (χ3n) is 4.10. The van der Waals surface area contributed by atoms with Gasteiger partial charge in [-0.1, -0.05) is 44.2 Å². The van der Waals surface area contributed by atoms with Crippen molar-refractivity contribution in [1.29, 1.82) is 0 Å². The summed E-state index contributed by atoms with van der Waals surface area (Å²) in [6, 6.07) is 10.9. The molecule has 94 valence electrons. The van der Waals surface area contributed by atoms with Crippen molar-refractivity contribution < 1.29 is 4.74 Å². The van der Waals surface area contributed by atoms with E-state index in [-0.39, 0.29) is 5.54 Å². The van der Waals surface area contributed by atoms with Gasteiger partial charge in [0.05, 0.1) is 13.2 Å². The molecule has 0 N–H and O–H groups in total. The Morgan fingerprint density at radius 1 is 1.06 bits per heavy atom. The lowest BCUT2D eigenvalue weighted by atomic mass is 9.82. The monoisotopic (exact) mass is 233 g/mol. The summed E-state index contributed by atoms with van der Waals surface area (Å²) in [5, 5.41) is 0. The van der Waals surface area contributed by atoms with Gasteiger partial charge in [-0.3, -0.25) is 4.90 Å². The average molecular weight is 233 g/mol. The molecule has 0 bridgehead atoms. The van der Waals surface area contributed by atoms with E-state index in [9.17, 15) is 0 Å². The summed E-state index contributed by atoms with van der Waals surface area (Å²) >= 11 is 0. The lowest BCUT2D eigenvalue weighted by Crippen LogP contribution is -2.50. The highest BCUT2D eigenvalue weighted by Gasteiger charge is 2.35. The van der Waals surface area contributed by atoms with Gasteiger partial charge in [-0.05, 0) is 18.4 Å². The number of hydrogen-bond acceptors (Lipinski definition) is 2. The maximum Gasteiger partial charge on any atom is 0.0594 e. The van der Waals surface area contributed by atoms with Gasteiger partial charge in [0.2, 0.25) is 0 Å². The second-order valence-corrected chi connectivity index (χ2v) is 4.70. The van der Waals surface area contributed by atoms with Crippen LogP contribution in [0.4, 0.5) is 0 Å². The minimum absolute atomic E-state index is 0.199. The van der Waals surface area contributed by atoms with Crippen molar-refractivity contribution >= 4 is 0 Å². The minimum atomic E-state index is 0.199. The number of morpholine rings is 1. The van der Waals surface area contributed by atoms with Gasteiger partial charge in [0.1, 0.15) is 0 Å². The highest BCUT2D eigenvalue weighted by atomic mass is 16.5. The highest BCUT2D eigenvalue weighted by Crippen LogP contribution is 2.35. The summed E-state index contributed by atoms with van der Waals surface area (Å²) in [6.45, 7) is 8.44. The Labute approximate surface area is 105 Å². The Kier molecular flexibility index (Phi) is 4.19. The molecular weight excluding hydrogens is 210 g/mol. The summed E-state index contributed by atoms with van der Waals surface area (Å²) in [4.78, 5) is 2.60. The first kappa shape index (κ1) is 12.6. The van der Waals surface area contributed by atoms with Crippen molar-refractivity contribution in [2.24, 2.45) is 0 Å². The molecule has 0 aromatic heterocycles. The molecule has 0 radical (unpaired) electrons. The molecule has 0 spiro atoms. The van der Waals surface area contributed by atoms with Gasteiger partial charge in [0.15, 0.2) is 0 Å². The maximum absolute atomic E-state index is 5.48. The van der Waals surface area contributed by atoms with E-state index in [1.807, 2.05) is 0 Å². The fraction of sp³-hybridized carbons (Fsp3) is 0.600. The van der Waals surface area contributed by atoms with Crippen LogP contribution in [-0.2, 0) is 10.3 Å². The van der Waals surface area contributed by atoms with Gasteiger partial charge < -0.3 is 4.74 Å². The first-order valence-corrected chi connectivity index (χ1v) is 6.72. The third kappa shape index (κ3) is 2.38. The Morgan fingerprint density at radius 3 is 2.18 bits per heavy atom. The van der Waals surface area contributed by atoms with Gasteiger partial charge in [0.25, 0.3) is 0 Å². The smallest absolute Gasteiger partial charge is 0.0594 e. The van der Waals surface area contributed by atoms with Crippen molar-refractivity contribution in [2.75, 3.05) is 26.3 Å². The third-order valence-corrected chi connectivity index (χ3v) is 4.10. The van der Waals surface area contributed by atoms with Crippen LogP contribution in [0.3, 0.4) is 0 Å². The average Bonchev–Trinajstić information content (AvgIpc) is 2.43. The predicted octanol–water partition coefficient (Wildman–Crippen LogP) is 3.03. The van der Waals surface area contributed by atoms with E-state index in [1.54, 1.807) is 0 Å². The fourth-order valence-electron chi connectivity index (χ4n) is 3.03. The Hall–Kier alpha value is -0.860. The molecule has 1 aliphatic heterocycles. The van der Waals surface area contributed by atoms with Crippen molar-refractivity contribution in [2.45, 2.75) is 32.2 Å². The predicted molar refractivity (Wildman–Crippen MR) is 71.1 cm³/mol. The number of benzene rings is 1. The molecule has 17 heavy (non-hydrogen) atoms. The van der Waals surface area contributed by atoms with Crippen LogP contribution >= 0.6 is 0 Å². The number of ether oxygens (including phenoxy) is 1. The number of nitrogens with zero attached hydrogens (tertiary/aromatic N) is 1.